The Balaban J connectivity index is 2.45. The fourth-order valence-electron chi connectivity index (χ4n) is 1.81. The van der Waals surface area contributed by atoms with Crippen molar-refractivity contribution in [3.8, 4) is 11.3 Å². The number of H-pyrrole nitrogens is 1. The van der Waals surface area contributed by atoms with Gasteiger partial charge >= 0.3 is 0 Å². The Bertz CT molecular complexity index is 520. The molecule has 0 aliphatic heterocycles. The summed E-state index contributed by atoms with van der Waals surface area (Å²) in [6.45, 7) is 5.59. The van der Waals surface area contributed by atoms with Crippen LogP contribution in [-0.4, -0.2) is 10.8 Å². The number of rotatable bonds is 2. The molecule has 0 aliphatic carbocycles. The summed E-state index contributed by atoms with van der Waals surface area (Å²) in [5.41, 5.74) is 5.06. The molecule has 0 atom stereocenters. The van der Waals surface area contributed by atoms with Crippen LogP contribution in [0.1, 0.15) is 28.5 Å². The van der Waals surface area contributed by atoms with E-state index in [0.717, 1.165) is 16.8 Å². The number of Topliss-reactive ketones (excluding diaryl/α,β-unsaturated/α-hetero) is 1. The zero-order valence-electron chi connectivity index (χ0n) is 9.79. The van der Waals surface area contributed by atoms with E-state index in [1.165, 1.54) is 5.56 Å². The molecule has 0 aliphatic rings. The lowest BCUT2D eigenvalue weighted by atomic mass is 10.1. The van der Waals surface area contributed by atoms with Crippen molar-refractivity contribution in [2.75, 3.05) is 0 Å². The van der Waals surface area contributed by atoms with Crippen LogP contribution in [0.4, 0.5) is 0 Å². The first-order valence-electron chi connectivity index (χ1n) is 5.35. The van der Waals surface area contributed by atoms with Crippen molar-refractivity contribution in [1.82, 2.24) is 4.98 Å². The van der Waals surface area contributed by atoms with E-state index in [2.05, 4.69) is 36.2 Å². The van der Waals surface area contributed by atoms with Crippen molar-refractivity contribution >= 4 is 5.78 Å². The van der Waals surface area contributed by atoms with E-state index in [0.29, 0.717) is 5.69 Å². The van der Waals surface area contributed by atoms with Crippen LogP contribution in [0.5, 0.6) is 0 Å². The summed E-state index contributed by atoms with van der Waals surface area (Å²) in [6.07, 6.45) is 0. The molecular formula is C14H15NO. The number of aromatic nitrogens is 1. The molecular weight excluding hydrogens is 198 g/mol. The summed E-state index contributed by atoms with van der Waals surface area (Å²) in [7, 11) is 0. The second-order valence-corrected chi connectivity index (χ2v) is 4.16. The third kappa shape index (κ3) is 1.91. The second-order valence-electron chi connectivity index (χ2n) is 4.16. The Kier molecular flexibility index (Phi) is 2.65. The minimum Gasteiger partial charge on any atom is -0.352 e. The van der Waals surface area contributed by atoms with E-state index in [9.17, 15) is 4.79 Å². The Hall–Kier alpha value is -1.83. The zero-order chi connectivity index (χ0) is 11.7. The first-order valence-corrected chi connectivity index (χ1v) is 5.35. The van der Waals surface area contributed by atoms with Crippen LogP contribution in [0, 0.1) is 13.8 Å². The maximum Gasteiger partial charge on any atom is 0.176 e. The standard InChI is InChI=1S/C14H15NO/c1-9-4-6-12(7-5-9)13-8-10(2)14(15-13)11(3)16/h4-8,15H,1-3H3. The van der Waals surface area contributed by atoms with Gasteiger partial charge in [0, 0.05) is 12.6 Å². The van der Waals surface area contributed by atoms with Crippen LogP contribution in [0.3, 0.4) is 0 Å². The fourth-order valence-corrected chi connectivity index (χ4v) is 1.81. The van der Waals surface area contributed by atoms with Gasteiger partial charge in [0.15, 0.2) is 5.78 Å². The van der Waals surface area contributed by atoms with Gasteiger partial charge in [0.25, 0.3) is 0 Å². The average Bonchev–Trinajstić information content (AvgIpc) is 2.61. The lowest BCUT2D eigenvalue weighted by Gasteiger charge is -1.98. The van der Waals surface area contributed by atoms with Gasteiger partial charge < -0.3 is 4.98 Å². The predicted octanol–water partition coefficient (Wildman–Crippen LogP) is 3.50. The van der Waals surface area contributed by atoms with Crippen molar-refractivity contribution < 1.29 is 4.79 Å². The Morgan fingerprint density at radius 1 is 1.12 bits per heavy atom. The molecule has 1 N–H and O–H groups in total. The first-order chi connectivity index (χ1) is 7.58. The number of carbonyl (C=O) groups excluding carboxylic acids is 1. The number of ketones is 1. The van der Waals surface area contributed by atoms with Crippen molar-refractivity contribution in [3.63, 3.8) is 0 Å². The van der Waals surface area contributed by atoms with Gasteiger partial charge in [-0.3, -0.25) is 4.79 Å². The average molecular weight is 213 g/mol. The van der Waals surface area contributed by atoms with Gasteiger partial charge in [-0.05, 0) is 31.0 Å². The SMILES string of the molecule is CC(=O)c1[nH]c(-c2ccc(C)cc2)cc1C. The van der Waals surface area contributed by atoms with E-state index in [1.54, 1.807) is 6.92 Å². The van der Waals surface area contributed by atoms with Crippen LogP contribution in [0.2, 0.25) is 0 Å². The number of benzene rings is 1. The summed E-state index contributed by atoms with van der Waals surface area (Å²) in [5, 5.41) is 0. The minimum absolute atomic E-state index is 0.0795. The Labute approximate surface area is 95.3 Å². The second kappa shape index (κ2) is 3.97. The van der Waals surface area contributed by atoms with E-state index in [4.69, 9.17) is 0 Å². The normalized spacial score (nSPS) is 10.4. The van der Waals surface area contributed by atoms with E-state index >= 15 is 0 Å². The number of hydrogen-bond donors (Lipinski definition) is 1. The molecule has 1 aromatic heterocycles. The van der Waals surface area contributed by atoms with Crippen LogP contribution < -0.4 is 0 Å². The van der Waals surface area contributed by atoms with Crippen molar-refractivity contribution in [2.45, 2.75) is 20.8 Å². The van der Waals surface area contributed by atoms with Crippen molar-refractivity contribution in [1.29, 1.82) is 0 Å². The molecule has 2 rings (SSSR count). The van der Waals surface area contributed by atoms with E-state index in [1.807, 2.05) is 13.0 Å². The molecule has 2 heteroatoms. The quantitative estimate of drug-likeness (QED) is 0.761. The lowest BCUT2D eigenvalue weighted by molar-refractivity contribution is 0.101. The van der Waals surface area contributed by atoms with Gasteiger partial charge in [0.1, 0.15) is 0 Å². The number of carbonyl (C=O) groups is 1. The monoisotopic (exact) mass is 213 g/mol. The predicted molar refractivity (Wildman–Crippen MR) is 65.7 cm³/mol. The van der Waals surface area contributed by atoms with Gasteiger partial charge in [-0.1, -0.05) is 29.8 Å². The minimum atomic E-state index is 0.0795. The van der Waals surface area contributed by atoms with Crippen LogP contribution >= 0.6 is 0 Å². The molecule has 0 saturated carbocycles. The fraction of sp³-hybridized carbons (Fsp3) is 0.214. The third-order valence-electron chi connectivity index (χ3n) is 2.73. The maximum atomic E-state index is 11.3. The summed E-state index contributed by atoms with van der Waals surface area (Å²) in [6, 6.07) is 10.3. The van der Waals surface area contributed by atoms with Crippen LogP contribution in [0.25, 0.3) is 11.3 Å². The molecule has 0 unspecified atom stereocenters. The van der Waals surface area contributed by atoms with Gasteiger partial charge in [0.2, 0.25) is 0 Å². The van der Waals surface area contributed by atoms with Crippen LogP contribution in [-0.2, 0) is 0 Å². The van der Waals surface area contributed by atoms with Crippen molar-refractivity contribution in [2.24, 2.45) is 0 Å². The van der Waals surface area contributed by atoms with Gasteiger partial charge in [-0.25, -0.2) is 0 Å². The zero-order valence-corrected chi connectivity index (χ0v) is 9.79. The molecule has 0 fully saturated rings. The van der Waals surface area contributed by atoms with E-state index < -0.39 is 0 Å². The molecule has 1 heterocycles. The van der Waals surface area contributed by atoms with E-state index in [-0.39, 0.29) is 5.78 Å². The smallest absolute Gasteiger partial charge is 0.176 e. The molecule has 0 spiro atoms. The molecule has 2 aromatic rings. The highest BCUT2D eigenvalue weighted by atomic mass is 16.1. The largest absolute Gasteiger partial charge is 0.352 e. The first kappa shape index (κ1) is 10.7. The van der Waals surface area contributed by atoms with Crippen molar-refractivity contribution in [3.05, 3.63) is 47.2 Å². The van der Waals surface area contributed by atoms with Crippen LogP contribution in [0.15, 0.2) is 30.3 Å². The highest BCUT2D eigenvalue weighted by Crippen LogP contribution is 2.22. The molecule has 0 saturated heterocycles. The molecule has 1 aromatic carbocycles. The Morgan fingerprint density at radius 3 is 2.25 bits per heavy atom. The summed E-state index contributed by atoms with van der Waals surface area (Å²) < 4.78 is 0. The lowest BCUT2D eigenvalue weighted by Crippen LogP contribution is -1.94. The maximum absolute atomic E-state index is 11.3. The van der Waals surface area contributed by atoms with Gasteiger partial charge in [-0.2, -0.15) is 0 Å². The topological polar surface area (TPSA) is 32.9 Å². The Morgan fingerprint density at radius 2 is 1.75 bits per heavy atom. The number of nitrogens with one attached hydrogen (secondary N) is 1. The third-order valence-corrected chi connectivity index (χ3v) is 2.73. The summed E-state index contributed by atoms with van der Waals surface area (Å²) >= 11 is 0. The highest BCUT2D eigenvalue weighted by Gasteiger charge is 2.09. The highest BCUT2D eigenvalue weighted by molar-refractivity contribution is 5.94. The summed E-state index contributed by atoms with van der Waals surface area (Å²) in [5.74, 6) is 0.0795. The molecule has 16 heavy (non-hydrogen) atoms. The molecule has 0 bridgehead atoms. The van der Waals surface area contributed by atoms with Gasteiger partial charge in [0.05, 0.1) is 5.69 Å². The number of aryl methyl sites for hydroxylation is 2. The van der Waals surface area contributed by atoms with Gasteiger partial charge in [-0.15, -0.1) is 0 Å². The number of hydrogen-bond acceptors (Lipinski definition) is 1. The molecule has 0 radical (unpaired) electrons. The molecule has 2 nitrogen and oxygen atoms in total. The number of aromatic amines is 1. The molecule has 82 valence electrons. The molecule has 0 amide bonds. The summed E-state index contributed by atoms with van der Waals surface area (Å²) in [4.78, 5) is 14.5.